The van der Waals surface area contributed by atoms with Crippen molar-refractivity contribution in [1.82, 2.24) is 15.2 Å². The second-order valence-corrected chi connectivity index (χ2v) is 5.71. The molecule has 7 heteroatoms. The van der Waals surface area contributed by atoms with Gasteiger partial charge in [0.15, 0.2) is 5.82 Å². The summed E-state index contributed by atoms with van der Waals surface area (Å²) in [6, 6.07) is 4.00. The molecule has 0 aliphatic carbocycles. The van der Waals surface area contributed by atoms with Crippen LogP contribution < -0.4 is 10.2 Å². The second kappa shape index (κ2) is 6.46. The van der Waals surface area contributed by atoms with Gasteiger partial charge in [-0.3, -0.25) is 0 Å². The molecule has 1 aliphatic rings. The molecular formula is C15H18ClN5O. The molecule has 1 aromatic heterocycles. The Hall–Kier alpha value is -1.92. The molecular weight excluding hydrogens is 302 g/mol. The summed E-state index contributed by atoms with van der Waals surface area (Å²) in [4.78, 5) is 6.58. The van der Waals surface area contributed by atoms with Gasteiger partial charge < -0.3 is 15.0 Å². The standard InChI is InChI=1S/C15H18ClN5O/c1-10-7-11(2)14(12(16)8-10)18-13-9-17-20-15(19-13)21-3-5-22-6-4-21/h7-9H,3-6H2,1-2H3,(H,18,19,20). The molecule has 0 amide bonds. The van der Waals surface area contributed by atoms with Gasteiger partial charge in [-0.15, -0.1) is 5.10 Å². The highest BCUT2D eigenvalue weighted by molar-refractivity contribution is 6.33. The van der Waals surface area contributed by atoms with Crippen LogP contribution in [0.3, 0.4) is 0 Å². The lowest BCUT2D eigenvalue weighted by atomic mass is 10.1. The molecule has 0 atom stereocenters. The van der Waals surface area contributed by atoms with Crippen LogP contribution in [0.25, 0.3) is 0 Å². The Bertz CT molecular complexity index is 650. The first-order chi connectivity index (χ1) is 10.6. The molecule has 0 spiro atoms. The summed E-state index contributed by atoms with van der Waals surface area (Å²) < 4.78 is 5.34. The van der Waals surface area contributed by atoms with Crippen LogP contribution in [-0.2, 0) is 4.74 Å². The van der Waals surface area contributed by atoms with Gasteiger partial charge in [0.25, 0.3) is 0 Å². The van der Waals surface area contributed by atoms with Gasteiger partial charge in [0.2, 0.25) is 5.95 Å². The van der Waals surface area contributed by atoms with E-state index in [1.54, 1.807) is 6.20 Å². The van der Waals surface area contributed by atoms with E-state index in [2.05, 4.69) is 31.5 Å². The molecule has 0 radical (unpaired) electrons. The van der Waals surface area contributed by atoms with Crippen LogP contribution in [0.2, 0.25) is 5.02 Å². The van der Waals surface area contributed by atoms with Crippen molar-refractivity contribution in [3.05, 3.63) is 34.5 Å². The highest BCUT2D eigenvalue weighted by Crippen LogP contribution is 2.29. The van der Waals surface area contributed by atoms with Crippen LogP contribution in [0, 0.1) is 13.8 Å². The quantitative estimate of drug-likeness (QED) is 0.938. The first kappa shape index (κ1) is 15.0. The Kier molecular flexibility index (Phi) is 4.40. The fraction of sp³-hybridized carbons (Fsp3) is 0.400. The van der Waals surface area contributed by atoms with E-state index in [-0.39, 0.29) is 0 Å². The molecule has 0 saturated carbocycles. The van der Waals surface area contributed by atoms with Gasteiger partial charge in [0, 0.05) is 13.1 Å². The monoisotopic (exact) mass is 319 g/mol. The summed E-state index contributed by atoms with van der Waals surface area (Å²) >= 11 is 6.32. The second-order valence-electron chi connectivity index (χ2n) is 5.30. The lowest BCUT2D eigenvalue weighted by Gasteiger charge is -2.26. The smallest absolute Gasteiger partial charge is 0.247 e. The predicted octanol–water partition coefficient (Wildman–Crippen LogP) is 2.72. The molecule has 2 aromatic rings. The number of hydrogen-bond donors (Lipinski definition) is 1. The Morgan fingerprint density at radius 1 is 1.23 bits per heavy atom. The van der Waals surface area contributed by atoms with Gasteiger partial charge in [-0.25, -0.2) is 0 Å². The van der Waals surface area contributed by atoms with Gasteiger partial charge in [-0.2, -0.15) is 10.1 Å². The van der Waals surface area contributed by atoms with E-state index in [4.69, 9.17) is 16.3 Å². The first-order valence-corrected chi connectivity index (χ1v) is 7.57. The Balaban J connectivity index is 1.84. The summed E-state index contributed by atoms with van der Waals surface area (Å²) in [5, 5.41) is 12.0. The minimum absolute atomic E-state index is 0.606. The van der Waals surface area contributed by atoms with Gasteiger partial charge in [-0.1, -0.05) is 17.7 Å². The lowest BCUT2D eigenvalue weighted by molar-refractivity contribution is 0.122. The third-order valence-electron chi connectivity index (χ3n) is 3.53. The number of nitrogens with one attached hydrogen (secondary N) is 1. The van der Waals surface area contributed by atoms with Crippen molar-refractivity contribution in [3.8, 4) is 0 Å². The highest BCUT2D eigenvalue weighted by atomic mass is 35.5. The van der Waals surface area contributed by atoms with Crippen LogP contribution in [-0.4, -0.2) is 41.5 Å². The van der Waals surface area contributed by atoms with Crippen molar-refractivity contribution in [2.75, 3.05) is 36.5 Å². The molecule has 1 aliphatic heterocycles. The SMILES string of the molecule is Cc1cc(C)c(Nc2cnnc(N3CCOCC3)n2)c(Cl)c1. The Labute approximate surface area is 134 Å². The van der Waals surface area contributed by atoms with E-state index < -0.39 is 0 Å². The number of aryl methyl sites for hydroxylation is 2. The van der Waals surface area contributed by atoms with E-state index in [0.717, 1.165) is 29.9 Å². The fourth-order valence-electron chi connectivity index (χ4n) is 2.45. The van der Waals surface area contributed by atoms with Crippen LogP contribution in [0.5, 0.6) is 0 Å². The normalized spacial score (nSPS) is 15.0. The van der Waals surface area contributed by atoms with Crippen molar-refractivity contribution >= 4 is 29.1 Å². The maximum absolute atomic E-state index is 6.32. The Morgan fingerprint density at radius 3 is 2.73 bits per heavy atom. The maximum atomic E-state index is 6.32. The number of rotatable bonds is 3. The third-order valence-corrected chi connectivity index (χ3v) is 3.82. The van der Waals surface area contributed by atoms with Crippen LogP contribution in [0.4, 0.5) is 17.5 Å². The van der Waals surface area contributed by atoms with Crippen molar-refractivity contribution in [1.29, 1.82) is 0 Å². The van der Waals surface area contributed by atoms with Gasteiger partial charge in [0.1, 0.15) is 0 Å². The average Bonchev–Trinajstić information content (AvgIpc) is 2.52. The average molecular weight is 320 g/mol. The molecule has 1 N–H and O–H groups in total. The third kappa shape index (κ3) is 3.28. The zero-order valence-corrected chi connectivity index (χ0v) is 13.4. The van der Waals surface area contributed by atoms with Gasteiger partial charge in [0.05, 0.1) is 30.1 Å². The summed E-state index contributed by atoms with van der Waals surface area (Å²) in [5.41, 5.74) is 3.04. The van der Waals surface area contributed by atoms with Crippen molar-refractivity contribution in [2.24, 2.45) is 0 Å². The van der Waals surface area contributed by atoms with Crippen molar-refractivity contribution in [3.63, 3.8) is 0 Å². The van der Waals surface area contributed by atoms with E-state index in [9.17, 15) is 0 Å². The van der Waals surface area contributed by atoms with E-state index in [1.807, 2.05) is 19.9 Å². The molecule has 1 saturated heterocycles. The minimum Gasteiger partial charge on any atom is -0.378 e. The molecule has 22 heavy (non-hydrogen) atoms. The fourth-order valence-corrected chi connectivity index (χ4v) is 2.82. The van der Waals surface area contributed by atoms with E-state index in [0.29, 0.717) is 30.0 Å². The van der Waals surface area contributed by atoms with Gasteiger partial charge in [-0.05, 0) is 31.0 Å². The molecule has 116 valence electrons. The Morgan fingerprint density at radius 2 is 2.00 bits per heavy atom. The summed E-state index contributed by atoms with van der Waals surface area (Å²) in [5.74, 6) is 1.24. The van der Waals surface area contributed by atoms with E-state index >= 15 is 0 Å². The van der Waals surface area contributed by atoms with E-state index in [1.165, 1.54) is 0 Å². The summed E-state index contributed by atoms with van der Waals surface area (Å²) in [7, 11) is 0. The van der Waals surface area contributed by atoms with Crippen molar-refractivity contribution < 1.29 is 4.74 Å². The highest BCUT2D eigenvalue weighted by Gasteiger charge is 2.15. The lowest BCUT2D eigenvalue weighted by Crippen LogP contribution is -2.37. The predicted molar refractivity (Wildman–Crippen MR) is 87.1 cm³/mol. The number of morpholine rings is 1. The molecule has 1 fully saturated rings. The van der Waals surface area contributed by atoms with Gasteiger partial charge >= 0.3 is 0 Å². The zero-order chi connectivity index (χ0) is 15.5. The number of aromatic nitrogens is 3. The number of anilines is 3. The molecule has 0 bridgehead atoms. The summed E-state index contributed by atoms with van der Waals surface area (Å²) in [6.07, 6.45) is 1.60. The van der Waals surface area contributed by atoms with Crippen molar-refractivity contribution in [2.45, 2.75) is 13.8 Å². The molecule has 2 heterocycles. The number of hydrogen-bond acceptors (Lipinski definition) is 6. The first-order valence-electron chi connectivity index (χ1n) is 7.19. The molecule has 3 rings (SSSR count). The van der Waals surface area contributed by atoms with Crippen LogP contribution >= 0.6 is 11.6 Å². The maximum Gasteiger partial charge on any atom is 0.247 e. The topological polar surface area (TPSA) is 63.2 Å². The molecule has 0 unspecified atom stereocenters. The summed E-state index contributed by atoms with van der Waals surface area (Å²) in [6.45, 7) is 6.95. The zero-order valence-electron chi connectivity index (χ0n) is 12.6. The number of ether oxygens (including phenoxy) is 1. The van der Waals surface area contributed by atoms with Crippen LogP contribution in [0.1, 0.15) is 11.1 Å². The minimum atomic E-state index is 0.606. The largest absolute Gasteiger partial charge is 0.378 e. The molecule has 1 aromatic carbocycles. The number of halogens is 1. The number of nitrogens with zero attached hydrogens (tertiary/aromatic N) is 4. The number of benzene rings is 1. The molecule has 6 nitrogen and oxygen atoms in total. The van der Waals surface area contributed by atoms with Crippen LogP contribution in [0.15, 0.2) is 18.3 Å².